The Bertz CT molecular complexity index is 464. The lowest BCUT2D eigenvalue weighted by atomic mass is 9.99. The zero-order valence-corrected chi connectivity index (χ0v) is 11.0. The molecule has 0 radical (unpaired) electrons. The van der Waals surface area contributed by atoms with Gasteiger partial charge in [-0.25, -0.2) is 9.78 Å². The second-order valence-electron chi connectivity index (χ2n) is 4.74. The smallest absolute Gasteiger partial charge is 0.356 e. The molecule has 1 saturated heterocycles. The van der Waals surface area contributed by atoms with Gasteiger partial charge in [0.15, 0.2) is 11.5 Å². The first-order valence-corrected chi connectivity index (χ1v) is 6.36. The lowest BCUT2D eigenvalue weighted by molar-refractivity contribution is 0.0594. The van der Waals surface area contributed by atoms with Gasteiger partial charge in [-0.1, -0.05) is 0 Å². The lowest BCUT2D eigenvalue weighted by Gasteiger charge is -2.33. The van der Waals surface area contributed by atoms with Crippen LogP contribution in [0, 0.1) is 5.92 Å². The number of carbonyl (C=O) groups is 1. The van der Waals surface area contributed by atoms with E-state index >= 15 is 0 Å². The van der Waals surface area contributed by atoms with Crippen LogP contribution in [-0.4, -0.2) is 42.9 Å². The molecule has 6 heteroatoms. The van der Waals surface area contributed by atoms with Gasteiger partial charge in [-0.3, -0.25) is 0 Å². The number of aromatic nitrogens is 1. The standard InChI is InChI=1S/C13H19N3O3/c1-19-13(18)11-5-4-10(14)12(15-11)16-6-2-3-9(7-16)8-17/h4-5,9,17H,2-3,6-8,14H2,1H3. The Hall–Kier alpha value is -1.82. The summed E-state index contributed by atoms with van der Waals surface area (Å²) < 4.78 is 4.66. The van der Waals surface area contributed by atoms with Gasteiger partial charge in [0.05, 0.1) is 12.8 Å². The molecule has 0 aromatic carbocycles. The van der Waals surface area contributed by atoms with E-state index < -0.39 is 5.97 Å². The maximum atomic E-state index is 11.5. The average molecular weight is 265 g/mol. The first-order chi connectivity index (χ1) is 9.15. The Labute approximate surface area is 112 Å². The summed E-state index contributed by atoms with van der Waals surface area (Å²) in [6, 6.07) is 3.22. The van der Waals surface area contributed by atoms with Crippen molar-refractivity contribution in [3.05, 3.63) is 17.8 Å². The van der Waals surface area contributed by atoms with E-state index in [9.17, 15) is 9.90 Å². The monoisotopic (exact) mass is 265 g/mol. The summed E-state index contributed by atoms with van der Waals surface area (Å²) in [6.07, 6.45) is 1.98. The highest BCUT2D eigenvalue weighted by Gasteiger charge is 2.22. The third-order valence-corrected chi connectivity index (χ3v) is 3.38. The molecule has 3 N–H and O–H groups in total. The number of rotatable bonds is 3. The molecule has 0 amide bonds. The van der Waals surface area contributed by atoms with E-state index in [0.29, 0.717) is 18.1 Å². The fourth-order valence-electron chi connectivity index (χ4n) is 2.34. The molecular formula is C13H19N3O3. The number of nitrogen functional groups attached to an aromatic ring is 1. The van der Waals surface area contributed by atoms with Gasteiger partial charge in [0.1, 0.15) is 0 Å². The number of anilines is 2. The number of hydrogen-bond donors (Lipinski definition) is 2. The Morgan fingerprint density at radius 2 is 2.42 bits per heavy atom. The summed E-state index contributed by atoms with van der Waals surface area (Å²) in [7, 11) is 1.32. The van der Waals surface area contributed by atoms with Crippen LogP contribution in [0.15, 0.2) is 12.1 Å². The van der Waals surface area contributed by atoms with Gasteiger partial charge in [-0.05, 0) is 30.9 Å². The van der Waals surface area contributed by atoms with Crippen LogP contribution < -0.4 is 10.6 Å². The van der Waals surface area contributed by atoms with Gasteiger partial charge in [0.25, 0.3) is 0 Å². The summed E-state index contributed by atoms with van der Waals surface area (Å²) in [6.45, 7) is 1.70. The minimum Gasteiger partial charge on any atom is -0.464 e. The summed E-state index contributed by atoms with van der Waals surface area (Å²) in [5, 5.41) is 9.25. The summed E-state index contributed by atoms with van der Waals surface area (Å²) in [5.74, 6) is 0.356. The molecule has 2 rings (SSSR count). The van der Waals surface area contributed by atoms with Crippen molar-refractivity contribution in [2.75, 3.05) is 37.4 Å². The number of pyridine rings is 1. The maximum absolute atomic E-state index is 11.5. The molecule has 1 fully saturated rings. The van der Waals surface area contributed by atoms with Gasteiger partial charge in [-0.2, -0.15) is 0 Å². The SMILES string of the molecule is COC(=O)c1ccc(N)c(N2CCCC(CO)C2)n1. The summed E-state index contributed by atoms with van der Waals surface area (Å²) in [4.78, 5) is 17.8. The van der Waals surface area contributed by atoms with E-state index in [0.717, 1.165) is 19.4 Å². The van der Waals surface area contributed by atoms with Gasteiger partial charge in [-0.15, -0.1) is 0 Å². The molecule has 104 valence electrons. The molecule has 0 spiro atoms. The maximum Gasteiger partial charge on any atom is 0.356 e. The van der Waals surface area contributed by atoms with Crippen LogP contribution in [0.4, 0.5) is 11.5 Å². The van der Waals surface area contributed by atoms with Crippen molar-refractivity contribution in [1.29, 1.82) is 0 Å². The van der Waals surface area contributed by atoms with Crippen LogP contribution in [0.2, 0.25) is 0 Å². The molecule has 6 nitrogen and oxygen atoms in total. The Balaban J connectivity index is 2.25. The van der Waals surface area contributed by atoms with Crippen molar-refractivity contribution in [3.8, 4) is 0 Å². The number of nitrogens with zero attached hydrogens (tertiary/aromatic N) is 2. The van der Waals surface area contributed by atoms with Crippen molar-refractivity contribution in [2.45, 2.75) is 12.8 Å². The molecule has 1 aliphatic heterocycles. The van der Waals surface area contributed by atoms with Crippen LogP contribution in [0.1, 0.15) is 23.3 Å². The molecule has 0 aliphatic carbocycles. The van der Waals surface area contributed by atoms with E-state index in [1.807, 2.05) is 4.90 Å². The van der Waals surface area contributed by atoms with E-state index in [1.165, 1.54) is 7.11 Å². The predicted molar refractivity (Wildman–Crippen MR) is 72.0 cm³/mol. The van der Waals surface area contributed by atoms with Crippen molar-refractivity contribution in [3.63, 3.8) is 0 Å². The van der Waals surface area contributed by atoms with Crippen LogP contribution in [0.5, 0.6) is 0 Å². The first-order valence-electron chi connectivity index (χ1n) is 6.36. The number of piperidine rings is 1. The molecule has 1 unspecified atom stereocenters. The molecule has 1 aromatic rings. The normalized spacial score (nSPS) is 19.3. The van der Waals surface area contributed by atoms with Crippen LogP contribution in [0.25, 0.3) is 0 Å². The topological polar surface area (TPSA) is 88.7 Å². The van der Waals surface area contributed by atoms with Gasteiger partial charge >= 0.3 is 5.97 Å². The number of hydrogen-bond acceptors (Lipinski definition) is 6. The number of carbonyl (C=O) groups excluding carboxylic acids is 1. The molecule has 1 atom stereocenters. The third-order valence-electron chi connectivity index (χ3n) is 3.38. The third kappa shape index (κ3) is 2.96. The number of aliphatic hydroxyl groups excluding tert-OH is 1. The molecule has 0 bridgehead atoms. The predicted octanol–water partition coefficient (Wildman–Crippen LogP) is 0.659. The molecule has 2 heterocycles. The number of methoxy groups -OCH3 is 1. The van der Waals surface area contributed by atoms with Crippen molar-refractivity contribution >= 4 is 17.5 Å². The summed E-state index contributed by atoms with van der Waals surface area (Å²) in [5.41, 5.74) is 6.71. The molecule has 0 saturated carbocycles. The van der Waals surface area contributed by atoms with E-state index in [1.54, 1.807) is 12.1 Å². The molecule has 1 aromatic heterocycles. The number of aliphatic hydroxyl groups is 1. The summed E-state index contributed by atoms with van der Waals surface area (Å²) >= 11 is 0. The van der Waals surface area contributed by atoms with Crippen molar-refractivity contribution < 1.29 is 14.6 Å². The molecule has 19 heavy (non-hydrogen) atoms. The van der Waals surface area contributed by atoms with Gasteiger partial charge < -0.3 is 20.5 Å². The molecular weight excluding hydrogens is 246 g/mol. The van der Waals surface area contributed by atoms with E-state index in [2.05, 4.69) is 9.72 Å². The minimum atomic E-state index is -0.475. The quantitative estimate of drug-likeness (QED) is 0.780. The van der Waals surface area contributed by atoms with Gasteiger partial charge in [0.2, 0.25) is 0 Å². The number of ether oxygens (including phenoxy) is 1. The van der Waals surface area contributed by atoms with Crippen LogP contribution in [-0.2, 0) is 4.74 Å². The Kier molecular flexibility index (Phi) is 4.21. The zero-order valence-electron chi connectivity index (χ0n) is 11.0. The second-order valence-corrected chi connectivity index (χ2v) is 4.74. The fourth-order valence-corrected chi connectivity index (χ4v) is 2.34. The number of nitrogens with two attached hydrogens (primary N) is 1. The average Bonchev–Trinajstić information content (AvgIpc) is 2.47. The lowest BCUT2D eigenvalue weighted by Crippen LogP contribution is -2.38. The second kappa shape index (κ2) is 5.88. The highest BCUT2D eigenvalue weighted by atomic mass is 16.5. The fraction of sp³-hybridized carbons (Fsp3) is 0.538. The minimum absolute atomic E-state index is 0.160. The van der Waals surface area contributed by atoms with E-state index in [4.69, 9.17) is 5.73 Å². The van der Waals surface area contributed by atoms with Crippen LogP contribution >= 0.6 is 0 Å². The highest BCUT2D eigenvalue weighted by molar-refractivity contribution is 5.88. The largest absolute Gasteiger partial charge is 0.464 e. The van der Waals surface area contributed by atoms with Crippen molar-refractivity contribution in [2.24, 2.45) is 5.92 Å². The Morgan fingerprint density at radius 1 is 1.63 bits per heavy atom. The van der Waals surface area contributed by atoms with Crippen LogP contribution in [0.3, 0.4) is 0 Å². The van der Waals surface area contributed by atoms with E-state index in [-0.39, 0.29) is 18.2 Å². The zero-order chi connectivity index (χ0) is 13.8. The Morgan fingerprint density at radius 3 is 3.11 bits per heavy atom. The number of esters is 1. The highest BCUT2D eigenvalue weighted by Crippen LogP contribution is 2.26. The van der Waals surface area contributed by atoms with Gasteiger partial charge in [0, 0.05) is 19.7 Å². The molecule has 1 aliphatic rings. The first kappa shape index (κ1) is 13.6. The van der Waals surface area contributed by atoms with Crippen molar-refractivity contribution in [1.82, 2.24) is 4.98 Å².